The van der Waals surface area contributed by atoms with Crippen molar-refractivity contribution >= 4 is 40.5 Å². The maximum Gasteiger partial charge on any atom is 0.325 e. The lowest BCUT2D eigenvalue weighted by molar-refractivity contribution is -0.143. The molecule has 2 aliphatic rings. The standard InChI is InChI=1S/C28H29Cl2FN2O2S/c29-22-3-6-24(26(30)13-22)27(28(34)35)33-15-21(25(16-33)20-9-12-36-17-20)14-32-10-7-19(8-11-32)18-1-4-23(31)5-2-18/h1-6,9,12-13,17,19,21,25,27H,7-8,10-11,14-16H2,(H,34,35)/t21-,25+,27?/m1/s1. The molecule has 3 atom stereocenters. The van der Waals surface area contributed by atoms with Crippen LogP contribution in [0.15, 0.2) is 59.3 Å². The zero-order valence-corrected chi connectivity index (χ0v) is 22.2. The minimum atomic E-state index is -0.899. The Hall–Kier alpha value is -1.96. The van der Waals surface area contributed by atoms with Gasteiger partial charge in [-0.2, -0.15) is 11.3 Å². The molecule has 3 aromatic rings. The second-order valence-electron chi connectivity index (χ2n) is 9.91. The van der Waals surface area contributed by atoms with Gasteiger partial charge in [-0.15, -0.1) is 0 Å². The number of piperidine rings is 1. The highest BCUT2D eigenvalue weighted by Gasteiger charge is 2.41. The van der Waals surface area contributed by atoms with Gasteiger partial charge in [0.15, 0.2) is 0 Å². The maximum atomic E-state index is 13.3. The molecule has 2 aromatic carbocycles. The van der Waals surface area contributed by atoms with E-state index in [1.54, 1.807) is 41.7 Å². The van der Waals surface area contributed by atoms with Crippen LogP contribution in [-0.2, 0) is 4.79 Å². The zero-order chi connectivity index (χ0) is 25.2. The molecular formula is C28H29Cl2FN2O2S. The van der Waals surface area contributed by atoms with Crippen LogP contribution in [0.3, 0.4) is 0 Å². The van der Waals surface area contributed by atoms with Crippen molar-refractivity contribution in [2.75, 3.05) is 32.7 Å². The summed E-state index contributed by atoms with van der Waals surface area (Å²) in [4.78, 5) is 17.0. The summed E-state index contributed by atoms with van der Waals surface area (Å²) in [5, 5.41) is 15.3. The second kappa shape index (κ2) is 11.2. The Morgan fingerprint density at radius 1 is 1.06 bits per heavy atom. The number of halogens is 3. The maximum absolute atomic E-state index is 13.3. The van der Waals surface area contributed by atoms with Crippen LogP contribution in [0.1, 0.15) is 47.4 Å². The van der Waals surface area contributed by atoms with Crippen LogP contribution in [0.4, 0.5) is 4.39 Å². The summed E-state index contributed by atoms with van der Waals surface area (Å²) in [7, 11) is 0. The Balaban J connectivity index is 1.31. The van der Waals surface area contributed by atoms with Crippen LogP contribution >= 0.6 is 34.5 Å². The molecule has 36 heavy (non-hydrogen) atoms. The first-order valence-electron chi connectivity index (χ1n) is 12.3. The van der Waals surface area contributed by atoms with Gasteiger partial charge < -0.3 is 10.0 Å². The van der Waals surface area contributed by atoms with Gasteiger partial charge in [0.1, 0.15) is 11.9 Å². The average molecular weight is 548 g/mol. The Kier molecular flexibility index (Phi) is 7.99. The average Bonchev–Trinajstić information content (AvgIpc) is 3.52. The Morgan fingerprint density at radius 2 is 1.81 bits per heavy atom. The van der Waals surface area contributed by atoms with Gasteiger partial charge in [0, 0.05) is 35.6 Å². The quantitative estimate of drug-likeness (QED) is 0.349. The molecule has 1 aromatic heterocycles. The summed E-state index contributed by atoms with van der Waals surface area (Å²) in [5.41, 5.74) is 3.07. The lowest BCUT2D eigenvalue weighted by atomic mass is 9.87. The molecule has 5 rings (SSSR count). The van der Waals surface area contributed by atoms with Crippen LogP contribution in [0.25, 0.3) is 0 Å². The van der Waals surface area contributed by atoms with Crippen LogP contribution < -0.4 is 0 Å². The summed E-state index contributed by atoms with van der Waals surface area (Å²) in [6.07, 6.45) is 2.09. The van der Waals surface area contributed by atoms with Crippen molar-refractivity contribution in [2.45, 2.75) is 30.7 Å². The first-order valence-corrected chi connectivity index (χ1v) is 14.0. The predicted molar refractivity (Wildman–Crippen MR) is 144 cm³/mol. The predicted octanol–water partition coefficient (Wildman–Crippen LogP) is 6.91. The van der Waals surface area contributed by atoms with E-state index < -0.39 is 12.0 Å². The third-order valence-electron chi connectivity index (χ3n) is 7.72. The van der Waals surface area contributed by atoms with Crippen LogP contribution in [0, 0.1) is 11.7 Å². The van der Waals surface area contributed by atoms with E-state index in [9.17, 15) is 14.3 Å². The molecule has 2 aliphatic heterocycles. The number of thiophene rings is 1. The molecule has 4 nitrogen and oxygen atoms in total. The van der Waals surface area contributed by atoms with Crippen molar-refractivity contribution in [3.05, 3.63) is 91.8 Å². The second-order valence-corrected chi connectivity index (χ2v) is 11.5. The molecule has 1 unspecified atom stereocenters. The topological polar surface area (TPSA) is 43.8 Å². The smallest absolute Gasteiger partial charge is 0.325 e. The fraction of sp³-hybridized carbons (Fsp3) is 0.393. The van der Waals surface area contributed by atoms with Gasteiger partial charge in [-0.3, -0.25) is 9.69 Å². The minimum absolute atomic E-state index is 0.194. The molecule has 1 N–H and O–H groups in total. The Morgan fingerprint density at radius 3 is 2.44 bits per heavy atom. The number of nitrogens with zero attached hydrogens (tertiary/aromatic N) is 2. The van der Waals surface area contributed by atoms with Crippen molar-refractivity contribution in [2.24, 2.45) is 5.92 Å². The van der Waals surface area contributed by atoms with E-state index >= 15 is 0 Å². The van der Waals surface area contributed by atoms with Crippen molar-refractivity contribution in [1.82, 2.24) is 9.80 Å². The largest absolute Gasteiger partial charge is 0.480 e. The number of likely N-dealkylation sites (tertiary alicyclic amines) is 2. The van der Waals surface area contributed by atoms with E-state index in [-0.39, 0.29) is 11.7 Å². The molecule has 2 saturated heterocycles. The number of benzene rings is 2. The first-order chi connectivity index (χ1) is 17.4. The van der Waals surface area contributed by atoms with Crippen molar-refractivity contribution in [1.29, 1.82) is 0 Å². The van der Waals surface area contributed by atoms with Gasteiger partial charge in [0.2, 0.25) is 0 Å². The van der Waals surface area contributed by atoms with Crippen LogP contribution in [-0.4, -0.2) is 53.6 Å². The SMILES string of the molecule is O=C(O)C(c1ccc(Cl)cc1Cl)N1C[C@@H](CN2CCC(c3ccc(F)cc3)CC2)[C@H](c2ccsc2)C1. The van der Waals surface area contributed by atoms with Crippen molar-refractivity contribution < 1.29 is 14.3 Å². The molecule has 0 amide bonds. The fourth-order valence-corrected chi connectivity index (χ4v) is 7.13. The van der Waals surface area contributed by atoms with E-state index in [1.165, 1.54) is 11.1 Å². The van der Waals surface area contributed by atoms with Gasteiger partial charge in [0.25, 0.3) is 0 Å². The molecule has 0 aliphatic carbocycles. The molecule has 0 saturated carbocycles. The molecule has 190 valence electrons. The Bertz CT molecular complexity index is 1180. The summed E-state index contributed by atoms with van der Waals surface area (Å²) >= 11 is 14.2. The monoisotopic (exact) mass is 546 g/mol. The highest BCUT2D eigenvalue weighted by Crippen LogP contribution is 2.41. The van der Waals surface area contributed by atoms with Crippen molar-refractivity contribution in [3.8, 4) is 0 Å². The molecule has 0 bridgehead atoms. The number of hydrogen-bond donors (Lipinski definition) is 1. The number of hydrogen-bond acceptors (Lipinski definition) is 4. The van der Waals surface area contributed by atoms with Gasteiger partial charge in [-0.25, -0.2) is 4.39 Å². The van der Waals surface area contributed by atoms with Crippen molar-refractivity contribution in [3.63, 3.8) is 0 Å². The third kappa shape index (κ3) is 5.63. The van der Waals surface area contributed by atoms with Gasteiger partial charge in [0.05, 0.1) is 0 Å². The normalized spacial score (nSPS) is 22.6. The number of rotatable bonds is 7. The molecule has 0 spiro atoms. The van der Waals surface area contributed by atoms with E-state index in [1.807, 2.05) is 12.1 Å². The molecule has 8 heteroatoms. The number of aliphatic carboxylic acids is 1. The fourth-order valence-electron chi connectivity index (χ4n) is 5.89. The summed E-state index contributed by atoms with van der Waals surface area (Å²) < 4.78 is 13.3. The zero-order valence-electron chi connectivity index (χ0n) is 19.8. The summed E-state index contributed by atoms with van der Waals surface area (Å²) in [6.45, 7) is 4.26. The Labute approximate surface area is 225 Å². The first kappa shape index (κ1) is 25.7. The number of carbonyl (C=O) groups is 1. The molecular weight excluding hydrogens is 518 g/mol. The third-order valence-corrected chi connectivity index (χ3v) is 8.98. The number of carboxylic acid groups (broad SMARTS) is 1. The number of carboxylic acids is 1. The van der Waals surface area contributed by atoms with E-state index in [0.29, 0.717) is 40.5 Å². The lowest BCUT2D eigenvalue weighted by Crippen LogP contribution is -2.38. The highest BCUT2D eigenvalue weighted by atomic mass is 35.5. The van der Waals surface area contributed by atoms with Gasteiger partial charge in [-0.05, 0) is 95.5 Å². The van der Waals surface area contributed by atoms with Crippen LogP contribution in [0.2, 0.25) is 10.0 Å². The molecule has 2 fully saturated rings. The molecule has 3 heterocycles. The summed E-state index contributed by atoms with van der Waals surface area (Å²) in [5.74, 6) is -0.0584. The summed E-state index contributed by atoms with van der Waals surface area (Å²) in [6, 6.07) is 13.3. The van der Waals surface area contributed by atoms with Crippen LogP contribution in [0.5, 0.6) is 0 Å². The van der Waals surface area contributed by atoms with E-state index in [0.717, 1.165) is 32.5 Å². The van der Waals surface area contributed by atoms with Gasteiger partial charge >= 0.3 is 5.97 Å². The lowest BCUT2D eigenvalue weighted by Gasteiger charge is -2.35. The van der Waals surface area contributed by atoms with E-state index in [2.05, 4.69) is 26.6 Å². The van der Waals surface area contributed by atoms with Gasteiger partial charge in [-0.1, -0.05) is 41.4 Å². The van der Waals surface area contributed by atoms with E-state index in [4.69, 9.17) is 23.2 Å². The highest BCUT2D eigenvalue weighted by molar-refractivity contribution is 7.08. The minimum Gasteiger partial charge on any atom is -0.480 e. The molecule has 0 radical (unpaired) electrons.